The summed E-state index contributed by atoms with van der Waals surface area (Å²) in [6, 6.07) is 21.9. The molecule has 4 heteroatoms. The van der Waals surface area contributed by atoms with E-state index in [0.717, 1.165) is 5.56 Å². The van der Waals surface area contributed by atoms with Gasteiger partial charge in [-0.25, -0.2) is 0 Å². The van der Waals surface area contributed by atoms with Gasteiger partial charge in [0.15, 0.2) is 5.75 Å². The Morgan fingerprint density at radius 3 is 2.25 bits per heavy atom. The fourth-order valence-corrected chi connectivity index (χ4v) is 2.50. The van der Waals surface area contributed by atoms with Gasteiger partial charge in [0.1, 0.15) is 5.75 Å². The normalized spacial score (nSPS) is 10.2. The lowest BCUT2D eigenvalue weighted by Gasteiger charge is -2.13. The van der Waals surface area contributed by atoms with Crippen molar-refractivity contribution >= 4 is 23.2 Å². The Bertz CT molecular complexity index is 877. The molecule has 0 spiro atoms. The first-order chi connectivity index (χ1) is 11.6. The Balaban J connectivity index is 1.86. The second kappa shape index (κ2) is 7.20. The lowest BCUT2D eigenvalue weighted by atomic mass is 10.1. The fourth-order valence-electron chi connectivity index (χ4n) is 2.32. The molecule has 1 N–H and O–H groups in total. The molecule has 0 aromatic heterocycles. The highest BCUT2D eigenvalue weighted by Gasteiger charge is 2.12. The van der Waals surface area contributed by atoms with Gasteiger partial charge in [0.2, 0.25) is 0 Å². The topological polar surface area (TPSA) is 38.3 Å². The molecule has 3 rings (SSSR count). The standard InChI is InChI=1S/C20H16ClNO2/c1-14-8-2-3-9-15(14)20(23)22-17-11-5-7-13-19(17)24-18-12-6-4-10-16(18)21/h2-13H,1H3,(H,22,23). The molecule has 0 aliphatic carbocycles. The number of anilines is 1. The molecule has 3 aromatic rings. The van der Waals surface area contributed by atoms with E-state index in [-0.39, 0.29) is 5.91 Å². The lowest BCUT2D eigenvalue weighted by molar-refractivity contribution is 0.102. The molecule has 3 nitrogen and oxygen atoms in total. The first-order valence-electron chi connectivity index (χ1n) is 7.53. The van der Waals surface area contributed by atoms with Crippen molar-refractivity contribution < 1.29 is 9.53 Å². The maximum absolute atomic E-state index is 12.5. The first kappa shape index (κ1) is 16.1. The molecule has 0 unspecified atom stereocenters. The third kappa shape index (κ3) is 3.58. The van der Waals surface area contributed by atoms with Crippen molar-refractivity contribution in [1.82, 2.24) is 0 Å². The molecule has 0 heterocycles. The maximum atomic E-state index is 12.5. The van der Waals surface area contributed by atoms with E-state index in [1.807, 2.05) is 49.4 Å². The van der Waals surface area contributed by atoms with E-state index in [9.17, 15) is 4.79 Å². The summed E-state index contributed by atoms with van der Waals surface area (Å²) in [5, 5.41) is 3.41. The third-order valence-electron chi connectivity index (χ3n) is 3.58. The Morgan fingerprint density at radius 2 is 1.50 bits per heavy atom. The number of ether oxygens (including phenoxy) is 1. The number of carbonyl (C=O) groups excluding carboxylic acids is 1. The number of aryl methyl sites for hydroxylation is 1. The SMILES string of the molecule is Cc1ccccc1C(=O)Nc1ccccc1Oc1ccccc1Cl. The van der Waals surface area contributed by atoms with Gasteiger partial charge >= 0.3 is 0 Å². The van der Waals surface area contributed by atoms with Crippen LogP contribution in [0.3, 0.4) is 0 Å². The van der Waals surface area contributed by atoms with Crippen LogP contribution in [0.5, 0.6) is 11.5 Å². The number of carbonyl (C=O) groups is 1. The maximum Gasteiger partial charge on any atom is 0.256 e. The lowest BCUT2D eigenvalue weighted by Crippen LogP contribution is -2.13. The van der Waals surface area contributed by atoms with Crippen molar-refractivity contribution in [2.75, 3.05) is 5.32 Å². The summed E-state index contributed by atoms with van der Waals surface area (Å²) in [5.41, 5.74) is 2.13. The monoisotopic (exact) mass is 337 g/mol. The molecule has 0 radical (unpaired) electrons. The average molecular weight is 338 g/mol. The van der Waals surface area contributed by atoms with Crippen LogP contribution in [0.25, 0.3) is 0 Å². The Kier molecular flexibility index (Phi) is 4.82. The van der Waals surface area contributed by atoms with Gasteiger partial charge in [0.25, 0.3) is 5.91 Å². The van der Waals surface area contributed by atoms with Crippen LogP contribution in [0.1, 0.15) is 15.9 Å². The highest BCUT2D eigenvalue weighted by atomic mass is 35.5. The Labute approximate surface area is 145 Å². The largest absolute Gasteiger partial charge is 0.454 e. The van der Waals surface area contributed by atoms with Gasteiger partial charge in [-0.1, -0.05) is 54.1 Å². The second-order valence-electron chi connectivity index (χ2n) is 5.30. The summed E-state index contributed by atoms with van der Waals surface area (Å²) in [7, 11) is 0. The van der Waals surface area contributed by atoms with Crippen molar-refractivity contribution in [3.63, 3.8) is 0 Å². The minimum atomic E-state index is -0.177. The van der Waals surface area contributed by atoms with Crippen LogP contribution in [-0.2, 0) is 0 Å². The molecule has 0 bridgehead atoms. The molecular formula is C20H16ClNO2. The smallest absolute Gasteiger partial charge is 0.256 e. The fraction of sp³-hybridized carbons (Fsp3) is 0.0500. The van der Waals surface area contributed by atoms with Gasteiger partial charge in [-0.3, -0.25) is 4.79 Å². The van der Waals surface area contributed by atoms with Crippen molar-refractivity contribution in [2.24, 2.45) is 0 Å². The van der Waals surface area contributed by atoms with E-state index in [0.29, 0.717) is 27.8 Å². The van der Waals surface area contributed by atoms with E-state index in [1.54, 1.807) is 30.3 Å². The van der Waals surface area contributed by atoms with Gasteiger partial charge in [-0.05, 0) is 42.8 Å². The van der Waals surface area contributed by atoms with E-state index in [2.05, 4.69) is 5.32 Å². The predicted molar refractivity (Wildman–Crippen MR) is 97.1 cm³/mol. The third-order valence-corrected chi connectivity index (χ3v) is 3.89. The van der Waals surface area contributed by atoms with Gasteiger partial charge < -0.3 is 10.1 Å². The van der Waals surface area contributed by atoms with Gasteiger partial charge in [-0.2, -0.15) is 0 Å². The zero-order valence-electron chi connectivity index (χ0n) is 13.1. The summed E-state index contributed by atoms with van der Waals surface area (Å²) in [4.78, 5) is 12.5. The van der Waals surface area contributed by atoms with Crippen LogP contribution in [0.15, 0.2) is 72.8 Å². The number of benzene rings is 3. The molecule has 1 amide bonds. The Hall–Kier alpha value is -2.78. The van der Waals surface area contributed by atoms with Crippen LogP contribution in [-0.4, -0.2) is 5.91 Å². The van der Waals surface area contributed by atoms with Gasteiger partial charge in [-0.15, -0.1) is 0 Å². The predicted octanol–water partition coefficient (Wildman–Crippen LogP) is 5.69. The summed E-state index contributed by atoms with van der Waals surface area (Å²) in [6.07, 6.45) is 0. The van der Waals surface area contributed by atoms with Gasteiger partial charge in [0, 0.05) is 5.56 Å². The number of rotatable bonds is 4. The number of halogens is 1. The number of hydrogen-bond donors (Lipinski definition) is 1. The van der Waals surface area contributed by atoms with Crippen LogP contribution in [0, 0.1) is 6.92 Å². The van der Waals surface area contributed by atoms with E-state index in [1.165, 1.54) is 0 Å². The molecular weight excluding hydrogens is 322 g/mol. The van der Waals surface area contributed by atoms with Crippen molar-refractivity contribution in [3.05, 3.63) is 88.9 Å². The van der Waals surface area contributed by atoms with E-state index < -0.39 is 0 Å². The van der Waals surface area contributed by atoms with E-state index in [4.69, 9.17) is 16.3 Å². The molecule has 0 aliphatic rings. The van der Waals surface area contributed by atoms with Crippen LogP contribution >= 0.6 is 11.6 Å². The zero-order valence-corrected chi connectivity index (χ0v) is 13.9. The first-order valence-corrected chi connectivity index (χ1v) is 7.91. The number of hydrogen-bond acceptors (Lipinski definition) is 2. The zero-order chi connectivity index (χ0) is 16.9. The van der Waals surface area contributed by atoms with Crippen molar-refractivity contribution in [2.45, 2.75) is 6.92 Å². The number of para-hydroxylation sites is 3. The molecule has 24 heavy (non-hydrogen) atoms. The molecule has 0 aliphatic heterocycles. The van der Waals surface area contributed by atoms with E-state index >= 15 is 0 Å². The van der Waals surface area contributed by atoms with Crippen molar-refractivity contribution in [1.29, 1.82) is 0 Å². The Morgan fingerprint density at radius 1 is 0.875 bits per heavy atom. The number of amides is 1. The molecule has 0 saturated carbocycles. The summed E-state index contributed by atoms with van der Waals surface area (Å²) < 4.78 is 5.86. The van der Waals surface area contributed by atoms with Crippen LogP contribution < -0.4 is 10.1 Å². The molecule has 0 atom stereocenters. The minimum Gasteiger partial charge on any atom is -0.454 e. The highest BCUT2D eigenvalue weighted by Crippen LogP contribution is 2.33. The second-order valence-corrected chi connectivity index (χ2v) is 5.70. The van der Waals surface area contributed by atoms with Crippen molar-refractivity contribution in [3.8, 4) is 11.5 Å². The molecule has 0 saturated heterocycles. The highest BCUT2D eigenvalue weighted by molar-refractivity contribution is 6.32. The molecule has 120 valence electrons. The average Bonchev–Trinajstić information content (AvgIpc) is 2.59. The molecule has 0 fully saturated rings. The summed E-state index contributed by atoms with van der Waals surface area (Å²) in [5.74, 6) is 0.896. The minimum absolute atomic E-state index is 0.177. The van der Waals surface area contributed by atoms with Crippen LogP contribution in [0.4, 0.5) is 5.69 Å². The summed E-state index contributed by atoms with van der Waals surface area (Å²) >= 11 is 6.14. The molecule has 3 aromatic carbocycles. The number of nitrogens with one attached hydrogen (secondary N) is 1. The quantitative estimate of drug-likeness (QED) is 0.663. The van der Waals surface area contributed by atoms with Crippen LogP contribution in [0.2, 0.25) is 5.02 Å². The van der Waals surface area contributed by atoms with Gasteiger partial charge in [0.05, 0.1) is 10.7 Å². The summed E-state index contributed by atoms with van der Waals surface area (Å²) in [6.45, 7) is 1.90.